The van der Waals surface area contributed by atoms with Crippen LogP contribution in [0.2, 0.25) is 0 Å². The van der Waals surface area contributed by atoms with E-state index < -0.39 is 0 Å². The minimum Gasteiger partial charge on any atom is -0.325 e. The van der Waals surface area contributed by atoms with Crippen LogP contribution in [0.15, 0.2) is 22.9 Å². The molecule has 1 saturated carbocycles. The molecule has 18 heavy (non-hydrogen) atoms. The number of nitrogens with zero attached hydrogens (tertiary/aromatic N) is 2. The zero-order valence-electron chi connectivity index (χ0n) is 10.2. The SMILES string of the molecule is NCc1nc(CN(Cc2cccs2)C2CC2)cs1. The zero-order chi connectivity index (χ0) is 12.4. The number of hydrogen-bond acceptors (Lipinski definition) is 5. The quantitative estimate of drug-likeness (QED) is 0.884. The summed E-state index contributed by atoms with van der Waals surface area (Å²) in [5.41, 5.74) is 6.78. The van der Waals surface area contributed by atoms with Gasteiger partial charge in [0.2, 0.25) is 0 Å². The van der Waals surface area contributed by atoms with Crippen molar-refractivity contribution in [2.45, 2.75) is 38.5 Å². The summed E-state index contributed by atoms with van der Waals surface area (Å²) in [6, 6.07) is 5.10. The van der Waals surface area contributed by atoms with Crippen LogP contribution in [0.25, 0.3) is 0 Å². The summed E-state index contributed by atoms with van der Waals surface area (Å²) in [6.07, 6.45) is 2.67. The Labute approximate surface area is 115 Å². The Morgan fingerprint density at radius 1 is 1.33 bits per heavy atom. The number of aromatic nitrogens is 1. The third-order valence-corrected chi connectivity index (χ3v) is 4.92. The number of nitrogens with two attached hydrogens (primary N) is 1. The van der Waals surface area contributed by atoms with E-state index in [-0.39, 0.29) is 0 Å². The highest BCUT2D eigenvalue weighted by Crippen LogP contribution is 2.30. The number of rotatable bonds is 6. The maximum absolute atomic E-state index is 5.61. The molecule has 0 unspecified atom stereocenters. The van der Waals surface area contributed by atoms with Gasteiger partial charge < -0.3 is 5.73 Å². The first-order chi connectivity index (χ1) is 8.85. The summed E-state index contributed by atoms with van der Waals surface area (Å²) >= 11 is 3.51. The van der Waals surface area contributed by atoms with Crippen molar-refractivity contribution >= 4 is 22.7 Å². The molecule has 0 bridgehead atoms. The smallest absolute Gasteiger partial charge is 0.106 e. The number of thiazole rings is 1. The molecule has 0 radical (unpaired) electrons. The zero-order valence-corrected chi connectivity index (χ0v) is 11.8. The highest BCUT2D eigenvalue weighted by molar-refractivity contribution is 7.10. The van der Waals surface area contributed by atoms with E-state index in [1.165, 1.54) is 23.4 Å². The third-order valence-electron chi connectivity index (χ3n) is 3.14. The van der Waals surface area contributed by atoms with Crippen LogP contribution in [0.5, 0.6) is 0 Å². The maximum atomic E-state index is 5.61. The van der Waals surface area contributed by atoms with E-state index in [9.17, 15) is 0 Å². The summed E-state index contributed by atoms with van der Waals surface area (Å²) in [4.78, 5) is 8.55. The Bertz CT molecular complexity index is 488. The molecule has 2 N–H and O–H groups in total. The van der Waals surface area contributed by atoms with Crippen molar-refractivity contribution < 1.29 is 0 Å². The van der Waals surface area contributed by atoms with Crippen LogP contribution >= 0.6 is 22.7 Å². The molecular weight excluding hydrogens is 262 g/mol. The highest BCUT2D eigenvalue weighted by Gasteiger charge is 2.29. The van der Waals surface area contributed by atoms with Gasteiger partial charge in [0.05, 0.1) is 5.69 Å². The summed E-state index contributed by atoms with van der Waals surface area (Å²) in [6.45, 7) is 2.57. The molecule has 5 heteroatoms. The molecule has 2 aromatic heterocycles. The molecule has 0 aliphatic heterocycles. The number of thiophene rings is 1. The fraction of sp³-hybridized carbons (Fsp3) is 0.462. The van der Waals surface area contributed by atoms with Crippen molar-refractivity contribution in [1.82, 2.24) is 9.88 Å². The van der Waals surface area contributed by atoms with E-state index in [4.69, 9.17) is 5.73 Å². The van der Waals surface area contributed by atoms with Crippen molar-refractivity contribution in [3.05, 3.63) is 38.5 Å². The molecule has 0 saturated heterocycles. The van der Waals surface area contributed by atoms with Crippen molar-refractivity contribution in [3.63, 3.8) is 0 Å². The molecule has 0 atom stereocenters. The minimum absolute atomic E-state index is 0.555. The molecule has 0 spiro atoms. The Morgan fingerprint density at radius 3 is 2.83 bits per heavy atom. The first-order valence-electron chi connectivity index (χ1n) is 6.25. The molecule has 0 amide bonds. The van der Waals surface area contributed by atoms with Gasteiger partial charge in [-0.15, -0.1) is 22.7 Å². The second-order valence-electron chi connectivity index (χ2n) is 4.65. The van der Waals surface area contributed by atoms with Crippen molar-refractivity contribution in [2.24, 2.45) is 5.73 Å². The van der Waals surface area contributed by atoms with Gasteiger partial charge in [0, 0.05) is 35.9 Å². The van der Waals surface area contributed by atoms with Gasteiger partial charge in [0.15, 0.2) is 0 Å². The predicted octanol–water partition coefficient (Wildman–Crippen LogP) is 2.83. The first kappa shape index (κ1) is 12.3. The molecule has 3 rings (SSSR count). The van der Waals surface area contributed by atoms with Gasteiger partial charge in [-0.1, -0.05) is 6.07 Å². The Morgan fingerprint density at radius 2 is 2.22 bits per heavy atom. The Kier molecular flexibility index (Phi) is 3.75. The van der Waals surface area contributed by atoms with Crippen LogP contribution in [0.1, 0.15) is 28.4 Å². The van der Waals surface area contributed by atoms with E-state index in [0.717, 1.165) is 24.1 Å². The molecule has 1 aliphatic carbocycles. The van der Waals surface area contributed by atoms with Gasteiger partial charge in [0.1, 0.15) is 5.01 Å². The van der Waals surface area contributed by atoms with Crippen LogP contribution in [0.3, 0.4) is 0 Å². The second-order valence-corrected chi connectivity index (χ2v) is 6.63. The van der Waals surface area contributed by atoms with E-state index in [1.807, 2.05) is 11.3 Å². The summed E-state index contributed by atoms with van der Waals surface area (Å²) < 4.78 is 0. The first-order valence-corrected chi connectivity index (χ1v) is 8.01. The lowest BCUT2D eigenvalue weighted by molar-refractivity contribution is 0.245. The maximum Gasteiger partial charge on any atom is 0.106 e. The van der Waals surface area contributed by atoms with Gasteiger partial charge in [-0.05, 0) is 24.3 Å². The van der Waals surface area contributed by atoms with Gasteiger partial charge in [-0.25, -0.2) is 4.98 Å². The highest BCUT2D eigenvalue weighted by atomic mass is 32.1. The van der Waals surface area contributed by atoms with Crippen LogP contribution in [0.4, 0.5) is 0 Å². The predicted molar refractivity (Wildman–Crippen MR) is 76.6 cm³/mol. The number of hydrogen-bond donors (Lipinski definition) is 1. The van der Waals surface area contributed by atoms with E-state index in [1.54, 1.807) is 11.3 Å². The van der Waals surface area contributed by atoms with Gasteiger partial charge >= 0.3 is 0 Å². The largest absolute Gasteiger partial charge is 0.325 e. The average molecular weight is 279 g/mol. The Hall–Kier alpha value is -0.750. The summed E-state index contributed by atoms with van der Waals surface area (Å²) in [5.74, 6) is 0. The van der Waals surface area contributed by atoms with Crippen LogP contribution in [-0.4, -0.2) is 15.9 Å². The van der Waals surface area contributed by atoms with Crippen molar-refractivity contribution in [2.75, 3.05) is 0 Å². The summed E-state index contributed by atoms with van der Waals surface area (Å²) in [5, 5.41) is 5.33. The average Bonchev–Trinajstić information content (AvgIpc) is 2.92. The standard InChI is InChI=1S/C13H17N3S2/c14-6-13-15-10(9-18-13)7-16(11-3-4-11)8-12-2-1-5-17-12/h1-2,5,9,11H,3-4,6-8,14H2. The van der Waals surface area contributed by atoms with E-state index >= 15 is 0 Å². The lowest BCUT2D eigenvalue weighted by Crippen LogP contribution is -2.24. The minimum atomic E-state index is 0.555. The molecule has 0 aromatic carbocycles. The summed E-state index contributed by atoms with van der Waals surface area (Å²) in [7, 11) is 0. The fourth-order valence-corrected chi connectivity index (χ4v) is 3.47. The van der Waals surface area contributed by atoms with Crippen LogP contribution in [0, 0.1) is 0 Å². The molecule has 1 aliphatic rings. The third kappa shape index (κ3) is 2.98. The van der Waals surface area contributed by atoms with Gasteiger partial charge in [-0.2, -0.15) is 0 Å². The van der Waals surface area contributed by atoms with Crippen LogP contribution in [-0.2, 0) is 19.6 Å². The lowest BCUT2D eigenvalue weighted by atomic mass is 10.3. The van der Waals surface area contributed by atoms with Crippen LogP contribution < -0.4 is 5.73 Å². The lowest BCUT2D eigenvalue weighted by Gasteiger charge is -2.19. The van der Waals surface area contributed by atoms with E-state index in [0.29, 0.717) is 6.54 Å². The molecule has 2 heterocycles. The molecule has 2 aromatic rings. The van der Waals surface area contributed by atoms with E-state index in [2.05, 4.69) is 32.8 Å². The van der Waals surface area contributed by atoms with Crippen molar-refractivity contribution in [3.8, 4) is 0 Å². The molecule has 3 nitrogen and oxygen atoms in total. The molecular formula is C13H17N3S2. The second kappa shape index (κ2) is 5.48. The fourth-order valence-electron chi connectivity index (χ4n) is 2.08. The monoisotopic (exact) mass is 279 g/mol. The topological polar surface area (TPSA) is 42.1 Å². The molecule has 1 fully saturated rings. The Balaban J connectivity index is 1.66. The van der Waals surface area contributed by atoms with Crippen molar-refractivity contribution in [1.29, 1.82) is 0 Å². The normalized spacial score (nSPS) is 15.4. The van der Waals surface area contributed by atoms with Gasteiger partial charge in [-0.3, -0.25) is 4.90 Å². The molecule has 96 valence electrons. The van der Waals surface area contributed by atoms with Gasteiger partial charge in [0.25, 0.3) is 0 Å².